The Hall–Kier alpha value is -3.35. The Labute approximate surface area is 187 Å². The first kappa shape index (κ1) is 19.3. The number of hydrogen-bond acceptors (Lipinski definition) is 6. The monoisotopic (exact) mass is 425 g/mol. The lowest BCUT2D eigenvalue weighted by Gasteiger charge is -2.34. The van der Waals surface area contributed by atoms with E-state index in [4.69, 9.17) is 9.97 Å². The number of aromatic nitrogens is 6. The van der Waals surface area contributed by atoms with Crippen molar-refractivity contribution >= 4 is 16.7 Å². The van der Waals surface area contributed by atoms with Crippen molar-refractivity contribution in [2.24, 2.45) is 0 Å². The lowest BCUT2D eigenvalue weighted by Crippen LogP contribution is -2.36. The third kappa shape index (κ3) is 3.51. The summed E-state index contributed by atoms with van der Waals surface area (Å²) in [6.45, 7) is 2.96. The predicted octanol–water partition coefficient (Wildman–Crippen LogP) is 4.39. The molecule has 0 N–H and O–H groups in total. The number of para-hydroxylation sites is 1. The minimum atomic E-state index is 0.376. The Bertz CT molecular complexity index is 1230. The van der Waals surface area contributed by atoms with E-state index in [-0.39, 0.29) is 0 Å². The highest BCUT2D eigenvalue weighted by atomic mass is 15.3. The second-order valence-electron chi connectivity index (χ2n) is 8.85. The van der Waals surface area contributed by atoms with Gasteiger partial charge in [0.15, 0.2) is 5.82 Å². The van der Waals surface area contributed by atoms with Crippen molar-refractivity contribution in [3.05, 3.63) is 60.4 Å². The second-order valence-corrected chi connectivity index (χ2v) is 8.85. The molecule has 7 heteroatoms. The number of rotatable bonds is 3. The van der Waals surface area contributed by atoms with Crippen LogP contribution in [0.15, 0.2) is 48.8 Å². The SMILES string of the molecule is c1ccc2c(N3CCCC(c4nnc5n4CCCCC5)C3)nc(-c3ccncc3)nc2c1. The summed E-state index contributed by atoms with van der Waals surface area (Å²) in [5.41, 5.74) is 1.96. The zero-order chi connectivity index (χ0) is 21.3. The zero-order valence-electron chi connectivity index (χ0n) is 18.2. The maximum atomic E-state index is 5.06. The first-order valence-corrected chi connectivity index (χ1v) is 11.7. The first-order chi connectivity index (χ1) is 15.9. The molecule has 1 fully saturated rings. The van der Waals surface area contributed by atoms with E-state index in [9.17, 15) is 0 Å². The minimum absolute atomic E-state index is 0.376. The molecule has 6 rings (SSSR count). The van der Waals surface area contributed by atoms with E-state index in [1.54, 1.807) is 12.4 Å². The van der Waals surface area contributed by atoms with Gasteiger partial charge < -0.3 is 9.47 Å². The number of pyridine rings is 1. The summed E-state index contributed by atoms with van der Waals surface area (Å²) in [7, 11) is 0. The Morgan fingerprint density at radius 3 is 2.69 bits per heavy atom. The highest BCUT2D eigenvalue weighted by molar-refractivity contribution is 5.91. The largest absolute Gasteiger partial charge is 0.355 e. The number of hydrogen-bond donors (Lipinski definition) is 0. The topological polar surface area (TPSA) is 72.6 Å². The number of benzene rings is 1. The lowest BCUT2D eigenvalue weighted by molar-refractivity contribution is 0.464. The van der Waals surface area contributed by atoms with E-state index < -0.39 is 0 Å². The van der Waals surface area contributed by atoms with E-state index in [0.29, 0.717) is 5.92 Å². The summed E-state index contributed by atoms with van der Waals surface area (Å²) in [6.07, 6.45) is 10.6. The molecule has 4 aromatic rings. The second kappa shape index (κ2) is 8.30. The number of aryl methyl sites for hydroxylation is 1. The molecule has 32 heavy (non-hydrogen) atoms. The molecule has 2 aliphatic rings. The van der Waals surface area contributed by atoms with Gasteiger partial charge in [-0.1, -0.05) is 18.6 Å². The van der Waals surface area contributed by atoms with Gasteiger partial charge in [-0.05, 0) is 49.9 Å². The Balaban J connectivity index is 1.38. The van der Waals surface area contributed by atoms with Gasteiger partial charge in [-0.2, -0.15) is 0 Å². The Morgan fingerprint density at radius 2 is 1.75 bits per heavy atom. The van der Waals surface area contributed by atoms with Crippen LogP contribution in [0.5, 0.6) is 0 Å². The summed E-state index contributed by atoms with van der Waals surface area (Å²) in [5, 5.41) is 10.3. The molecule has 0 aliphatic carbocycles. The van der Waals surface area contributed by atoms with Crippen LogP contribution in [0, 0.1) is 0 Å². The van der Waals surface area contributed by atoms with Crippen LogP contribution in [0.3, 0.4) is 0 Å². The summed E-state index contributed by atoms with van der Waals surface area (Å²) in [6, 6.07) is 12.3. The smallest absolute Gasteiger partial charge is 0.162 e. The quantitative estimate of drug-likeness (QED) is 0.485. The van der Waals surface area contributed by atoms with E-state index in [1.807, 2.05) is 18.2 Å². The van der Waals surface area contributed by atoms with Crippen LogP contribution in [0.25, 0.3) is 22.3 Å². The van der Waals surface area contributed by atoms with Crippen LogP contribution in [0.2, 0.25) is 0 Å². The van der Waals surface area contributed by atoms with Crippen LogP contribution >= 0.6 is 0 Å². The van der Waals surface area contributed by atoms with E-state index in [0.717, 1.165) is 67.0 Å². The van der Waals surface area contributed by atoms with Crippen LogP contribution in [-0.2, 0) is 13.0 Å². The van der Waals surface area contributed by atoms with E-state index >= 15 is 0 Å². The standard InChI is InChI=1S/C25H27N7/c1-2-10-22-29-30-24(32(22)16-5-1)19-7-6-15-31(17-19)25-20-8-3-4-9-21(20)27-23(28-25)18-11-13-26-14-12-18/h3-4,8-9,11-14,19H,1-2,5-7,10,15-17H2. The van der Waals surface area contributed by atoms with Crippen molar-refractivity contribution in [3.8, 4) is 11.4 Å². The van der Waals surface area contributed by atoms with Gasteiger partial charge in [-0.3, -0.25) is 4.98 Å². The van der Waals surface area contributed by atoms with Crippen molar-refractivity contribution in [2.75, 3.05) is 18.0 Å². The van der Waals surface area contributed by atoms with Gasteiger partial charge in [-0.15, -0.1) is 10.2 Å². The van der Waals surface area contributed by atoms with Gasteiger partial charge in [0.05, 0.1) is 5.52 Å². The summed E-state index contributed by atoms with van der Waals surface area (Å²) < 4.78 is 2.40. The number of piperidine rings is 1. The van der Waals surface area contributed by atoms with Crippen LogP contribution in [0.1, 0.15) is 49.7 Å². The van der Waals surface area contributed by atoms with Crippen LogP contribution in [-0.4, -0.2) is 42.8 Å². The van der Waals surface area contributed by atoms with Crippen molar-refractivity contribution in [1.29, 1.82) is 0 Å². The molecule has 7 nitrogen and oxygen atoms in total. The third-order valence-electron chi connectivity index (χ3n) is 6.75. The molecule has 162 valence electrons. The normalized spacial score (nSPS) is 19.0. The minimum Gasteiger partial charge on any atom is -0.355 e. The average molecular weight is 426 g/mol. The fourth-order valence-electron chi connectivity index (χ4n) is 5.12. The maximum absolute atomic E-state index is 5.06. The molecule has 0 bridgehead atoms. The van der Waals surface area contributed by atoms with Crippen molar-refractivity contribution < 1.29 is 0 Å². The maximum Gasteiger partial charge on any atom is 0.162 e. The van der Waals surface area contributed by atoms with Crippen molar-refractivity contribution in [3.63, 3.8) is 0 Å². The first-order valence-electron chi connectivity index (χ1n) is 11.7. The molecule has 1 aromatic carbocycles. The predicted molar refractivity (Wildman–Crippen MR) is 125 cm³/mol. The lowest BCUT2D eigenvalue weighted by atomic mass is 9.96. The number of nitrogens with zero attached hydrogens (tertiary/aromatic N) is 7. The van der Waals surface area contributed by atoms with E-state index in [1.165, 1.54) is 30.9 Å². The molecule has 0 amide bonds. The Morgan fingerprint density at radius 1 is 0.844 bits per heavy atom. The molecule has 0 spiro atoms. The van der Waals surface area contributed by atoms with Gasteiger partial charge in [0.1, 0.15) is 17.5 Å². The fourth-order valence-corrected chi connectivity index (χ4v) is 5.12. The molecule has 1 atom stereocenters. The average Bonchev–Trinajstić information content (AvgIpc) is 3.12. The van der Waals surface area contributed by atoms with Crippen molar-refractivity contribution in [1.82, 2.24) is 29.7 Å². The highest BCUT2D eigenvalue weighted by Gasteiger charge is 2.29. The highest BCUT2D eigenvalue weighted by Crippen LogP contribution is 2.34. The molecular weight excluding hydrogens is 398 g/mol. The zero-order valence-corrected chi connectivity index (χ0v) is 18.2. The van der Waals surface area contributed by atoms with Gasteiger partial charge in [0.2, 0.25) is 0 Å². The van der Waals surface area contributed by atoms with Crippen LogP contribution < -0.4 is 4.90 Å². The molecule has 0 saturated carbocycles. The van der Waals surface area contributed by atoms with Crippen molar-refractivity contribution in [2.45, 2.75) is 51.0 Å². The molecule has 2 aliphatic heterocycles. The molecule has 5 heterocycles. The Kier molecular flexibility index (Phi) is 5.02. The molecular formula is C25H27N7. The molecule has 1 saturated heterocycles. The van der Waals surface area contributed by atoms with E-state index in [2.05, 4.69) is 42.8 Å². The van der Waals surface area contributed by atoms with Gasteiger partial charge in [-0.25, -0.2) is 9.97 Å². The van der Waals surface area contributed by atoms with Crippen LogP contribution in [0.4, 0.5) is 5.82 Å². The summed E-state index contributed by atoms with van der Waals surface area (Å²) in [4.78, 5) is 16.5. The summed E-state index contributed by atoms with van der Waals surface area (Å²) >= 11 is 0. The molecule has 3 aromatic heterocycles. The number of fused-ring (bicyclic) bond motifs is 2. The number of anilines is 1. The fraction of sp³-hybridized carbons (Fsp3) is 0.400. The summed E-state index contributed by atoms with van der Waals surface area (Å²) in [5.74, 6) is 4.48. The van der Waals surface area contributed by atoms with Gasteiger partial charge >= 0.3 is 0 Å². The molecule has 1 unspecified atom stereocenters. The third-order valence-corrected chi connectivity index (χ3v) is 6.75. The van der Waals surface area contributed by atoms with Gasteiger partial charge in [0, 0.05) is 55.3 Å². The molecule has 0 radical (unpaired) electrons. The van der Waals surface area contributed by atoms with Gasteiger partial charge in [0.25, 0.3) is 0 Å².